The molecule has 0 saturated heterocycles. The van der Waals surface area contributed by atoms with Gasteiger partial charge in [-0.25, -0.2) is 4.98 Å². The summed E-state index contributed by atoms with van der Waals surface area (Å²) in [6.07, 6.45) is 4.78. The highest BCUT2D eigenvalue weighted by atomic mass is 16.5. The van der Waals surface area contributed by atoms with Crippen LogP contribution in [0.25, 0.3) is 0 Å². The molecule has 0 atom stereocenters. The Morgan fingerprint density at radius 3 is 2.71 bits per heavy atom. The Labute approximate surface area is 102 Å². The second-order valence-electron chi connectivity index (χ2n) is 5.45. The maximum Gasteiger partial charge on any atom is 0.214 e. The molecule has 3 nitrogen and oxygen atoms in total. The average Bonchev–Trinajstić information content (AvgIpc) is 2.32. The van der Waals surface area contributed by atoms with Crippen LogP contribution in [-0.4, -0.2) is 11.1 Å². The number of rotatable bonds is 2. The Hall–Kier alpha value is -1.56. The Balaban J connectivity index is 1.96. The lowest BCUT2D eigenvalue weighted by Gasteiger charge is -2.34. The topological polar surface area (TPSA) is 45.9 Å². The van der Waals surface area contributed by atoms with Crippen LogP contribution in [0.2, 0.25) is 0 Å². The maximum atomic E-state index is 8.77. The van der Waals surface area contributed by atoms with Gasteiger partial charge in [0.1, 0.15) is 17.9 Å². The average molecular weight is 230 g/mol. The van der Waals surface area contributed by atoms with E-state index in [1.807, 2.05) is 18.2 Å². The molecule has 0 spiro atoms. The quantitative estimate of drug-likeness (QED) is 0.783. The molecule has 1 aliphatic rings. The molecule has 0 aromatic carbocycles. The molecule has 0 amide bonds. The van der Waals surface area contributed by atoms with E-state index >= 15 is 0 Å². The van der Waals surface area contributed by atoms with E-state index in [4.69, 9.17) is 10.00 Å². The van der Waals surface area contributed by atoms with Gasteiger partial charge in [-0.2, -0.15) is 5.26 Å². The number of nitriles is 1. The van der Waals surface area contributed by atoms with Gasteiger partial charge in [-0.3, -0.25) is 0 Å². The van der Waals surface area contributed by atoms with Crippen molar-refractivity contribution in [2.45, 2.75) is 45.6 Å². The number of nitrogens with zero attached hydrogens (tertiary/aromatic N) is 2. The van der Waals surface area contributed by atoms with Crippen LogP contribution >= 0.6 is 0 Å². The van der Waals surface area contributed by atoms with Gasteiger partial charge in [0.05, 0.1) is 0 Å². The highest BCUT2D eigenvalue weighted by Crippen LogP contribution is 2.36. The summed E-state index contributed by atoms with van der Waals surface area (Å²) in [5.41, 5.74) is 0.862. The van der Waals surface area contributed by atoms with Crippen molar-refractivity contribution in [3.05, 3.63) is 23.9 Å². The number of hydrogen-bond acceptors (Lipinski definition) is 3. The minimum absolute atomic E-state index is 0.254. The molecule has 0 aliphatic heterocycles. The Morgan fingerprint density at radius 2 is 2.06 bits per heavy atom. The Morgan fingerprint density at radius 1 is 1.35 bits per heavy atom. The smallest absolute Gasteiger partial charge is 0.214 e. The van der Waals surface area contributed by atoms with E-state index in [-0.39, 0.29) is 6.10 Å². The van der Waals surface area contributed by atoms with Gasteiger partial charge >= 0.3 is 0 Å². The summed E-state index contributed by atoms with van der Waals surface area (Å²) in [5.74, 6) is 0.578. The largest absolute Gasteiger partial charge is 0.474 e. The second-order valence-corrected chi connectivity index (χ2v) is 5.45. The van der Waals surface area contributed by atoms with Crippen molar-refractivity contribution in [1.29, 1.82) is 5.26 Å². The van der Waals surface area contributed by atoms with E-state index in [0.717, 1.165) is 12.8 Å². The van der Waals surface area contributed by atoms with Gasteiger partial charge in [-0.1, -0.05) is 19.9 Å². The third-order valence-corrected chi connectivity index (χ3v) is 3.41. The van der Waals surface area contributed by atoms with Crippen LogP contribution < -0.4 is 4.74 Å². The second kappa shape index (κ2) is 4.75. The molecule has 3 heteroatoms. The third-order valence-electron chi connectivity index (χ3n) is 3.41. The molecule has 0 unspecified atom stereocenters. The standard InChI is InChI=1S/C14H18N2O/c1-14(2)8-6-12(7-9-14)17-13-5-3-4-11(10-15)16-13/h3-5,12H,6-9H2,1-2H3. The summed E-state index contributed by atoms with van der Waals surface area (Å²) in [5, 5.41) is 8.77. The first-order valence-electron chi connectivity index (χ1n) is 6.13. The number of aromatic nitrogens is 1. The molecule has 1 aromatic rings. The fourth-order valence-corrected chi connectivity index (χ4v) is 2.20. The fourth-order valence-electron chi connectivity index (χ4n) is 2.20. The van der Waals surface area contributed by atoms with Crippen LogP contribution in [0.4, 0.5) is 0 Å². The SMILES string of the molecule is CC1(C)CCC(Oc2cccc(C#N)n2)CC1. The summed E-state index contributed by atoms with van der Waals surface area (Å²) in [4.78, 5) is 4.14. The molecule has 90 valence electrons. The summed E-state index contributed by atoms with van der Waals surface area (Å²) in [7, 11) is 0. The Kier molecular flexibility index (Phi) is 3.33. The summed E-state index contributed by atoms with van der Waals surface area (Å²) >= 11 is 0. The Bertz CT molecular complexity index is 424. The lowest BCUT2D eigenvalue weighted by Crippen LogP contribution is -2.28. The van der Waals surface area contributed by atoms with Crippen molar-refractivity contribution < 1.29 is 4.74 Å². The van der Waals surface area contributed by atoms with E-state index in [0.29, 0.717) is 17.0 Å². The monoisotopic (exact) mass is 230 g/mol. The van der Waals surface area contributed by atoms with Gasteiger partial charge in [0, 0.05) is 6.07 Å². The van der Waals surface area contributed by atoms with Crippen molar-refractivity contribution in [3.8, 4) is 11.9 Å². The molecule has 1 saturated carbocycles. The van der Waals surface area contributed by atoms with Gasteiger partial charge in [0.2, 0.25) is 5.88 Å². The summed E-state index contributed by atoms with van der Waals surface area (Å²) in [6, 6.07) is 7.35. The maximum absolute atomic E-state index is 8.77. The molecule has 0 N–H and O–H groups in total. The number of pyridine rings is 1. The predicted octanol–water partition coefficient (Wildman–Crippen LogP) is 3.30. The van der Waals surface area contributed by atoms with Crippen LogP contribution in [0.3, 0.4) is 0 Å². The van der Waals surface area contributed by atoms with E-state index in [1.54, 1.807) is 6.07 Å². The lowest BCUT2D eigenvalue weighted by atomic mass is 9.76. The van der Waals surface area contributed by atoms with Gasteiger partial charge in [-0.15, -0.1) is 0 Å². The molecule has 17 heavy (non-hydrogen) atoms. The van der Waals surface area contributed by atoms with Crippen molar-refractivity contribution >= 4 is 0 Å². The first kappa shape index (κ1) is 11.9. The molecule has 0 bridgehead atoms. The predicted molar refractivity (Wildman–Crippen MR) is 65.6 cm³/mol. The molecule has 2 rings (SSSR count). The normalized spacial score (nSPS) is 19.6. The third kappa shape index (κ3) is 3.20. The van der Waals surface area contributed by atoms with Gasteiger partial charge in [0.15, 0.2) is 0 Å². The van der Waals surface area contributed by atoms with E-state index < -0.39 is 0 Å². The van der Waals surface area contributed by atoms with Gasteiger partial charge in [-0.05, 0) is 37.2 Å². The van der Waals surface area contributed by atoms with Gasteiger partial charge in [0.25, 0.3) is 0 Å². The van der Waals surface area contributed by atoms with Crippen molar-refractivity contribution in [2.75, 3.05) is 0 Å². The highest BCUT2D eigenvalue weighted by Gasteiger charge is 2.27. The van der Waals surface area contributed by atoms with E-state index in [9.17, 15) is 0 Å². The summed E-state index contributed by atoms with van der Waals surface area (Å²) < 4.78 is 5.83. The molecule has 1 heterocycles. The zero-order valence-corrected chi connectivity index (χ0v) is 10.4. The zero-order valence-electron chi connectivity index (χ0n) is 10.4. The highest BCUT2D eigenvalue weighted by molar-refractivity contribution is 5.24. The minimum Gasteiger partial charge on any atom is -0.474 e. The van der Waals surface area contributed by atoms with Crippen molar-refractivity contribution in [1.82, 2.24) is 4.98 Å². The molecule has 1 aliphatic carbocycles. The number of hydrogen-bond donors (Lipinski definition) is 0. The molecule has 1 aromatic heterocycles. The zero-order chi connectivity index (χ0) is 12.3. The van der Waals surface area contributed by atoms with Crippen LogP contribution in [0.5, 0.6) is 5.88 Å². The van der Waals surface area contributed by atoms with Crippen molar-refractivity contribution in [3.63, 3.8) is 0 Å². The van der Waals surface area contributed by atoms with E-state index in [2.05, 4.69) is 18.8 Å². The van der Waals surface area contributed by atoms with Crippen molar-refractivity contribution in [2.24, 2.45) is 5.41 Å². The molecular weight excluding hydrogens is 212 g/mol. The van der Waals surface area contributed by atoms with Crippen LogP contribution in [0, 0.1) is 16.7 Å². The minimum atomic E-state index is 0.254. The molecule has 0 radical (unpaired) electrons. The number of ether oxygens (including phenoxy) is 1. The van der Waals surface area contributed by atoms with Crippen LogP contribution in [0.1, 0.15) is 45.2 Å². The first-order valence-corrected chi connectivity index (χ1v) is 6.13. The van der Waals surface area contributed by atoms with Gasteiger partial charge < -0.3 is 4.74 Å². The molecule has 1 fully saturated rings. The molecular formula is C14H18N2O. The lowest BCUT2D eigenvalue weighted by molar-refractivity contribution is 0.0948. The van der Waals surface area contributed by atoms with Crippen LogP contribution in [-0.2, 0) is 0 Å². The van der Waals surface area contributed by atoms with Crippen LogP contribution in [0.15, 0.2) is 18.2 Å². The summed E-state index contributed by atoms with van der Waals surface area (Å²) in [6.45, 7) is 4.61. The first-order chi connectivity index (χ1) is 8.09. The van der Waals surface area contributed by atoms with E-state index in [1.165, 1.54) is 12.8 Å². The fraction of sp³-hybridized carbons (Fsp3) is 0.571.